The van der Waals surface area contributed by atoms with Crippen LogP contribution in [0.2, 0.25) is 0 Å². The van der Waals surface area contributed by atoms with Gasteiger partial charge in [-0.1, -0.05) is 12.1 Å². The molecular formula is C12H9NO3. The molecule has 1 aromatic carbocycles. The first-order valence-electron chi connectivity index (χ1n) is 4.65. The SMILES string of the molecule is O=C(O)c1cccc(-c2ccc(O)cn2)c1. The fraction of sp³-hybridized carbons (Fsp3) is 0. The van der Waals surface area contributed by atoms with Crippen molar-refractivity contribution in [2.24, 2.45) is 0 Å². The van der Waals surface area contributed by atoms with E-state index in [-0.39, 0.29) is 11.3 Å². The highest BCUT2D eigenvalue weighted by Crippen LogP contribution is 2.19. The molecule has 1 heterocycles. The predicted molar refractivity (Wildman–Crippen MR) is 58.3 cm³/mol. The Labute approximate surface area is 91.8 Å². The van der Waals surface area contributed by atoms with Crippen LogP contribution in [0.15, 0.2) is 42.6 Å². The zero-order valence-electron chi connectivity index (χ0n) is 8.29. The van der Waals surface area contributed by atoms with Gasteiger partial charge in [-0.2, -0.15) is 0 Å². The van der Waals surface area contributed by atoms with Crippen molar-refractivity contribution < 1.29 is 15.0 Å². The van der Waals surface area contributed by atoms with Gasteiger partial charge in [0.25, 0.3) is 0 Å². The van der Waals surface area contributed by atoms with Crippen LogP contribution < -0.4 is 0 Å². The maximum absolute atomic E-state index is 10.8. The lowest BCUT2D eigenvalue weighted by molar-refractivity contribution is 0.0697. The van der Waals surface area contributed by atoms with Crippen LogP contribution in [0.25, 0.3) is 11.3 Å². The van der Waals surface area contributed by atoms with Gasteiger partial charge in [-0.3, -0.25) is 4.98 Å². The van der Waals surface area contributed by atoms with E-state index in [9.17, 15) is 4.79 Å². The van der Waals surface area contributed by atoms with Gasteiger partial charge in [0.1, 0.15) is 5.75 Å². The number of nitrogens with zero attached hydrogens (tertiary/aromatic N) is 1. The van der Waals surface area contributed by atoms with Crippen molar-refractivity contribution in [3.8, 4) is 17.0 Å². The highest BCUT2D eigenvalue weighted by atomic mass is 16.4. The standard InChI is InChI=1S/C12H9NO3/c14-10-4-5-11(13-7-10)8-2-1-3-9(6-8)12(15)16/h1-7,14H,(H,15,16). The maximum Gasteiger partial charge on any atom is 0.335 e. The molecule has 0 saturated heterocycles. The van der Waals surface area contributed by atoms with Crippen molar-refractivity contribution in [2.75, 3.05) is 0 Å². The van der Waals surface area contributed by atoms with Crippen molar-refractivity contribution in [2.45, 2.75) is 0 Å². The Morgan fingerprint density at radius 1 is 1.19 bits per heavy atom. The molecule has 0 radical (unpaired) electrons. The van der Waals surface area contributed by atoms with E-state index in [0.29, 0.717) is 11.3 Å². The summed E-state index contributed by atoms with van der Waals surface area (Å²) in [5, 5.41) is 17.9. The van der Waals surface area contributed by atoms with Crippen molar-refractivity contribution in [1.82, 2.24) is 4.98 Å². The third-order valence-electron chi connectivity index (χ3n) is 2.15. The molecule has 0 amide bonds. The normalized spacial score (nSPS) is 10.0. The predicted octanol–water partition coefficient (Wildman–Crippen LogP) is 2.15. The minimum atomic E-state index is -0.972. The Bertz CT molecular complexity index is 520. The molecular weight excluding hydrogens is 206 g/mol. The molecule has 0 atom stereocenters. The van der Waals surface area contributed by atoms with Gasteiger partial charge in [0.05, 0.1) is 17.5 Å². The number of pyridine rings is 1. The van der Waals surface area contributed by atoms with Gasteiger partial charge in [-0.25, -0.2) is 4.79 Å². The first-order valence-corrected chi connectivity index (χ1v) is 4.65. The van der Waals surface area contributed by atoms with Gasteiger partial charge >= 0.3 is 5.97 Å². The maximum atomic E-state index is 10.8. The molecule has 2 aromatic rings. The average molecular weight is 215 g/mol. The lowest BCUT2D eigenvalue weighted by Gasteiger charge is -2.02. The monoisotopic (exact) mass is 215 g/mol. The van der Waals surface area contributed by atoms with E-state index in [0.717, 1.165) is 0 Å². The molecule has 0 aliphatic heterocycles. The van der Waals surface area contributed by atoms with E-state index in [4.69, 9.17) is 10.2 Å². The van der Waals surface area contributed by atoms with Crippen molar-refractivity contribution in [3.63, 3.8) is 0 Å². The Balaban J connectivity index is 2.44. The number of carbonyl (C=O) groups is 1. The molecule has 4 nitrogen and oxygen atoms in total. The van der Waals surface area contributed by atoms with Crippen LogP contribution >= 0.6 is 0 Å². The number of hydrogen-bond donors (Lipinski definition) is 2. The first-order chi connectivity index (χ1) is 7.66. The van der Waals surface area contributed by atoms with Crippen LogP contribution in [-0.2, 0) is 0 Å². The molecule has 2 N–H and O–H groups in total. The van der Waals surface area contributed by atoms with Crippen molar-refractivity contribution in [1.29, 1.82) is 0 Å². The van der Waals surface area contributed by atoms with Crippen LogP contribution in [0, 0.1) is 0 Å². The fourth-order valence-corrected chi connectivity index (χ4v) is 1.37. The molecule has 2 rings (SSSR count). The molecule has 80 valence electrons. The van der Waals surface area contributed by atoms with E-state index in [1.165, 1.54) is 18.3 Å². The van der Waals surface area contributed by atoms with Gasteiger partial charge in [-0.15, -0.1) is 0 Å². The smallest absolute Gasteiger partial charge is 0.335 e. The summed E-state index contributed by atoms with van der Waals surface area (Å²) in [6, 6.07) is 9.64. The second-order valence-corrected chi connectivity index (χ2v) is 3.29. The third kappa shape index (κ3) is 2.00. The van der Waals surface area contributed by atoms with E-state index in [1.54, 1.807) is 24.3 Å². The number of carboxylic acid groups (broad SMARTS) is 1. The summed E-state index contributed by atoms with van der Waals surface area (Å²) in [7, 11) is 0. The van der Waals surface area contributed by atoms with Crippen LogP contribution in [-0.4, -0.2) is 21.2 Å². The number of benzene rings is 1. The lowest BCUT2D eigenvalue weighted by atomic mass is 10.1. The van der Waals surface area contributed by atoms with Gasteiger partial charge in [0.15, 0.2) is 0 Å². The van der Waals surface area contributed by atoms with Crippen LogP contribution in [0.5, 0.6) is 5.75 Å². The number of carboxylic acids is 1. The van der Waals surface area contributed by atoms with Gasteiger partial charge in [-0.05, 0) is 24.3 Å². The quantitative estimate of drug-likeness (QED) is 0.805. The van der Waals surface area contributed by atoms with Gasteiger partial charge in [0, 0.05) is 5.56 Å². The van der Waals surface area contributed by atoms with Crippen LogP contribution in [0.1, 0.15) is 10.4 Å². The topological polar surface area (TPSA) is 70.4 Å². The zero-order chi connectivity index (χ0) is 11.5. The zero-order valence-corrected chi connectivity index (χ0v) is 8.29. The van der Waals surface area contributed by atoms with Crippen LogP contribution in [0.3, 0.4) is 0 Å². The summed E-state index contributed by atoms with van der Waals surface area (Å²) < 4.78 is 0. The summed E-state index contributed by atoms with van der Waals surface area (Å²) >= 11 is 0. The highest BCUT2D eigenvalue weighted by Gasteiger charge is 2.05. The number of aromatic nitrogens is 1. The Hall–Kier alpha value is -2.36. The molecule has 16 heavy (non-hydrogen) atoms. The molecule has 0 fully saturated rings. The molecule has 0 aliphatic rings. The molecule has 0 saturated carbocycles. The second-order valence-electron chi connectivity index (χ2n) is 3.29. The largest absolute Gasteiger partial charge is 0.506 e. The molecule has 4 heteroatoms. The summed E-state index contributed by atoms with van der Waals surface area (Å²) in [5.41, 5.74) is 1.55. The summed E-state index contributed by atoms with van der Waals surface area (Å²) in [6.45, 7) is 0. The molecule has 0 aliphatic carbocycles. The highest BCUT2D eigenvalue weighted by molar-refractivity contribution is 5.89. The van der Waals surface area contributed by atoms with E-state index >= 15 is 0 Å². The minimum Gasteiger partial charge on any atom is -0.506 e. The van der Waals surface area contributed by atoms with Gasteiger partial charge in [0.2, 0.25) is 0 Å². The van der Waals surface area contributed by atoms with E-state index in [1.807, 2.05) is 0 Å². The Morgan fingerprint density at radius 3 is 2.62 bits per heavy atom. The minimum absolute atomic E-state index is 0.0816. The fourth-order valence-electron chi connectivity index (χ4n) is 1.37. The lowest BCUT2D eigenvalue weighted by Crippen LogP contribution is -1.96. The number of rotatable bonds is 2. The van der Waals surface area contributed by atoms with Crippen LogP contribution in [0.4, 0.5) is 0 Å². The third-order valence-corrected chi connectivity index (χ3v) is 2.15. The first kappa shape index (κ1) is 10.2. The van der Waals surface area contributed by atoms with Crippen molar-refractivity contribution >= 4 is 5.97 Å². The Morgan fingerprint density at radius 2 is 2.00 bits per heavy atom. The van der Waals surface area contributed by atoms with Crippen molar-refractivity contribution in [3.05, 3.63) is 48.2 Å². The summed E-state index contributed by atoms with van der Waals surface area (Å²) in [4.78, 5) is 14.8. The molecule has 0 bridgehead atoms. The summed E-state index contributed by atoms with van der Waals surface area (Å²) in [5.74, 6) is -0.890. The van der Waals surface area contributed by atoms with Gasteiger partial charge < -0.3 is 10.2 Å². The second kappa shape index (κ2) is 4.02. The number of aromatic carboxylic acids is 1. The molecule has 1 aromatic heterocycles. The Kier molecular flexibility index (Phi) is 2.55. The number of hydrogen-bond acceptors (Lipinski definition) is 3. The average Bonchev–Trinajstić information content (AvgIpc) is 2.30. The summed E-state index contributed by atoms with van der Waals surface area (Å²) in [6.07, 6.45) is 1.32. The van der Waals surface area contributed by atoms with E-state index < -0.39 is 5.97 Å². The van der Waals surface area contributed by atoms with E-state index in [2.05, 4.69) is 4.98 Å². The molecule has 0 spiro atoms. The number of aromatic hydroxyl groups is 1. The molecule has 0 unspecified atom stereocenters.